The number of aliphatic hydroxyl groups excluding tert-OH is 1. The molecule has 1 N–H and O–H groups in total. The number of carbonyl (C=O) groups excluding carboxylic acids is 1. The van der Waals surface area contributed by atoms with Crippen LogP contribution in [0.3, 0.4) is 0 Å². The summed E-state index contributed by atoms with van der Waals surface area (Å²) in [7, 11) is 0. The first-order valence-electron chi connectivity index (χ1n) is 5.91. The van der Waals surface area contributed by atoms with Crippen molar-refractivity contribution in [1.29, 1.82) is 0 Å². The average Bonchev–Trinajstić information content (AvgIpc) is 2.68. The molecule has 6 nitrogen and oxygen atoms in total. The highest BCUT2D eigenvalue weighted by Crippen LogP contribution is 2.39. The van der Waals surface area contributed by atoms with E-state index in [0.717, 1.165) is 23.1 Å². The molecule has 0 bridgehead atoms. The number of nitrogens with zero attached hydrogens (tertiary/aromatic N) is 1. The zero-order valence-electron chi connectivity index (χ0n) is 11.7. The van der Waals surface area contributed by atoms with Gasteiger partial charge in [0.15, 0.2) is 0 Å². The molecule has 112 valence electrons. The van der Waals surface area contributed by atoms with Gasteiger partial charge in [-0.25, -0.2) is 0 Å². The summed E-state index contributed by atoms with van der Waals surface area (Å²) in [6, 6.07) is 1.34. The Morgan fingerprint density at radius 2 is 2.20 bits per heavy atom. The molecule has 0 saturated carbocycles. The fraction of sp³-hybridized carbons (Fsp3) is 0.583. The van der Waals surface area contributed by atoms with Gasteiger partial charge in [0.1, 0.15) is 9.81 Å². The Bertz CT molecular complexity index is 504. The molecule has 1 atom stereocenters. The van der Waals surface area contributed by atoms with Gasteiger partial charge in [-0.2, -0.15) is 0 Å². The summed E-state index contributed by atoms with van der Waals surface area (Å²) in [5.41, 5.74) is -0.663. The molecule has 1 aromatic heterocycles. The minimum Gasteiger partial charge on any atom is -0.459 e. The van der Waals surface area contributed by atoms with Gasteiger partial charge in [0.05, 0.1) is 16.8 Å². The van der Waals surface area contributed by atoms with Gasteiger partial charge < -0.3 is 9.84 Å². The number of esters is 1. The third kappa shape index (κ3) is 5.10. The lowest BCUT2D eigenvalue weighted by Gasteiger charge is -2.19. The lowest BCUT2D eigenvalue weighted by Crippen LogP contribution is -2.24. The predicted molar refractivity (Wildman–Crippen MR) is 78.2 cm³/mol. The van der Waals surface area contributed by atoms with Crippen LogP contribution < -0.4 is 0 Å². The zero-order valence-corrected chi connectivity index (χ0v) is 13.3. The van der Waals surface area contributed by atoms with Gasteiger partial charge in [-0.15, -0.1) is 11.3 Å². The Hall–Kier alpha value is -1.12. The van der Waals surface area contributed by atoms with Crippen molar-refractivity contribution in [1.82, 2.24) is 0 Å². The molecule has 0 spiro atoms. The zero-order chi connectivity index (χ0) is 15.5. The van der Waals surface area contributed by atoms with E-state index in [1.54, 1.807) is 20.8 Å². The summed E-state index contributed by atoms with van der Waals surface area (Å²) in [4.78, 5) is 22.5. The van der Waals surface area contributed by atoms with Crippen molar-refractivity contribution in [2.45, 2.75) is 43.6 Å². The molecular formula is C12H17NO5S2. The Morgan fingerprint density at radius 3 is 2.65 bits per heavy atom. The van der Waals surface area contributed by atoms with Gasteiger partial charge in [0.25, 0.3) is 5.69 Å². The third-order valence-corrected chi connectivity index (χ3v) is 4.59. The first-order valence-corrected chi connectivity index (χ1v) is 7.71. The van der Waals surface area contributed by atoms with Crippen LogP contribution >= 0.6 is 23.1 Å². The van der Waals surface area contributed by atoms with E-state index in [2.05, 4.69) is 0 Å². The van der Waals surface area contributed by atoms with Crippen LogP contribution in [0.2, 0.25) is 0 Å². The molecule has 0 aliphatic carbocycles. The van der Waals surface area contributed by atoms with Gasteiger partial charge in [0.2, 0.25) is 0 Å². The number of ether oxygens (including phenoxy) is 1. The van der Waals surface area contributed by atoms with Gasteiger partial charge in [-0.1, -0.05) is 11.8 Å². The lowest BCUT2D eigenvalue weighted by molar-refractivity contribution is -0.387. The summed E-state index contributed by atoms with van der Waals surface area (Å²) in [5.74, 6) is -0.429. The average molecular weight is 319 g/mol. The van der Waals surface area contributed by atoms with Crippen LogP contribution in [-0.4, -0.2) is 27.4 Å². The van der Waals surface area contributed by atoms with Crippen LogP contribution in [0.4, 0.5) is 5.69 Å². The number of rotatable bonds is 5. The molecule has 0 radical (unpaired) electrons. The maximum absolute atomic E-state index is 11.6. The summed E-state index contributed by atoms with van der Waals surface area (Å²) < 4.78 is 5.54. The molecule has 8 heteroatoms. The molecule has 0 aliphatic rings. The normalized spacial score (nSPS) is 13.1. The summed E-state index contributed by atoms with van der Waals surface area (Å²) in [5, 5.41) is 20.4. The van der Waals surface area contributed by atoms with Crippen molar-refractivity contribution >= 4 is 34.8 Å². The van der Waals surface area contributed by atoms with Crippen LogP contribution in [0, 0.1) is 10.1 Å². The Kier molecular flexibility index (Phi) is 5.55. The minimum absolute atomic E-state index is 0.00211. The highest BCUT2D eigenvalue weighted by atomic mass is 32.2. The van der Waals surface area contributed by atoms with Gasteiger partial charge in [-0.3, -0.25) is 14.9 Å². The molecule has 20 heavy (non-hydrogen) atoms. The van der Waals surface area contributed by atoms with Crippen LogP contribution in [0.1, 0.15) is 38.7 Å². The van der Waals surface area contributed by atoms with Crippen molar-refractivity contribution in [3.8, 4) is 0 Å². The highest BCUT2D eigenvalue weighted by Gasteiger charge is 2.23. The predicted octanol–water partition coefficient (Wildman–Crippen LogP) is 3.14. The Morgan fingerprint density at radius 1 is 1.60 bits per heavy atom. The van der Waals surface area contributed by atoms with Crippen molar-refractivity contribution in [3.63, 3.8) is 0 Å². The SMILES string of the molecule is CC(O)c1cc([N+](=O)[O-])c(SCC(=O)OC(C)(C)C)s1. The van der Waals surface area contributed by atoms with E-state index in [1.165, 1.54) is 13.0 Å². The number of thioether (sulfide) groups is 1. The van der Waals surface area contributed by atoms with E-state index in [0.29, 0.717) is 9.09 Å². The summed E-state index contributed by atoms with van der Waals surface area (Å²) in [6.45, 7) is 6.82. The van der Waals surface area contributed by atoms with Crippen LogP contribution in [0.15, 0.2) is 10.3 Å². The number of nitro groups is 1. The second kappa shape index (κ2) is 6.55. The van der Waals surface area contributed by atoms with Crippen molar-refractivity contribution in [2.75, 3.05) is 5.75 Å². The van der Waals surface area contributed by atoms with E-state index in [9.17, 15) is 20.0 Å². The Labute approximate surface area is 125 Å². The number of thiophene rings is 1. The van der Waals surface area contributed by atoms with E-state index in [-0.39, 0.29) is 11.4 Å². The maximum atomic E-state index is 11.6. The van der Waals surface area contributed by atoms with Crippen LogP contribution in [0.5, 0.6) is 0 Å². The van der Waals surface area contributed by atoms with Crippen molar-refractivity contribution < 1.29 is 19.6 Å². The van der Waals surface area contributed by atoms with E-state index in [4.69, 9.17) is 4.74 Å². The molecule has 1 unspecified atom stereocenters. The highest BCUT2D eigenvalue weighted by molar-refractivity contribution is 8.01. The van der Waals surface area contributed by atoms with Gasteiger partial charge in [0, 0.05) is 10.9 Å². The fourth-order valence-electron chi connectivity index (χ4n) is 1.31. The minimum atomic E-state index is -0.769. The second-order valence-corrected chi connectivity index (χ2v) is 7.46. The second-order valence-electron chi connectivity index (χ2n) is 5.13. The standard InChI is InChI=1S/C12H17NO5S2/c1-7(14)9-5-8(13(16)17)11(20-9)19-6-10(15)18-12(2,3)4/h5,7,14H,6H2,1-4H3. The fourth-order valence-corrected chi connectivity index (χ4v) is 3.40. The molecule has 1 rings (SSSR count). The van der Waals surface area contributed by atoms with Gasteiger partial charge >= 0.3 is 5.97 Å². The van der Waals surface area contributed by atoms with E-state index < -0.39 is 22.6 Å². The van der Waals surface area contributed by atoms with Crippen LogP contribution in [0.25, 0.3) is 0 Å². The lowest BCUT2D eigenvalue weighted by atomic mass is 10.2. The van der Waals surface area contributed by atoms with Crippen molar-refractivity contribution in [2.24, 2.45) is 0 Å². The molecular weight excluding hydrogens is 302 g/mol. The largest absolute Gasteiger partial charge is 0.459 e. The monoisotopic (exact) mass is 319 g/mol. The number of aliphatic hydroxyl groups is 1. The van der Waals surface area contributed by atoms with E-state index in [1.807, 2.05) is 0 Å². The maximum Gasteiger partial charge on any atom is 0.316 e. The first-order chi connectivity index (χ1) is 9.10. The first kappa shape index (κ1) is 16.9. The Balaban J connectivity index is 2.77. The van der Waals surface area contributed by atoms with Crippen LogP contribution in [-0.2, 0) is 9.53 Å². The number of hydrogen-bond acceptors (Lipinski definition) is 7. The number of hydrogen-bond donors (Lipinski definition) is 1. The quantitative estimate of drug-likeness (QED) is 0.388. The molecule has 1 heterocycles. The molecule has 0 amide bonds. The summed E-state index contributed by atoms with van der Waals surface area (Å²) in [6.07, 6.45) is -0.769. The third-order valence-electron chi connectivity index (χ3n) is 2.05. The smallest absolute Gasteiger partial charge is 0.316 e. The van der Waals surface area contributed by atoms with Crippen molar-refractivity contribution in [3.05, 3.63) is 21.1 Å². The molecule has 0 aliphatic heterocycles. The molecule has 0 fully saturated rings. The summed E-state index contributed by atoms with van der Waals surface area (Å²) >= 11 is 2.17. The number of carbonyl (C=O) groups is 1. The molecule has 1 aromatic rings. The topological polar surface area (TPSA) is 89.7 Å². The van der Waals surface area contributed by atoms with E-state index >= 15 is 0 Å². The van der Waals surface area contributed by atoms with Gasteiger partial charge in [-0.05, 0) is 27.7 Å². The molecule has 0 aromatic carbocycles. The molecule has 0 saturated heterocycles.